The van der Waals surface area contributed by atoms with Gasteiger partial charge in [0.25, 0.3) is 0 Å². The van der Waals surface area contributed by atoms with Crippen molar-refractivity contribution in [2.24, 2.45) is 7.05 Å². The van der Waals surface area contributed by atoms with Crippen molar-refractivity contribution in [3.05, 3.63) is 23.1 Å². The Morgan fingerprint density at radius 2 is 2.00 bits per heavy atom. The molecule has 1 saturated carbocycles. The molecule has 2 atom stereocenters. The molecule has 0 radical (unpaired) electrons. The number of carbonyl (C=O) groups excluding carboxylic acids is 1. The van der Waals surface area contributed by atoms with Gasteiger partial charge >= 0.3 is 0 Å². The smallest absolute Gasteiger partial charge is 0.245 e. The Labute approximate surface area is 165 Å². The predicted molar refractivity (Wildman–Crippen MR) is 104 cm³/mol. The number of anilines is 1. The van der Waals surface area contributed by atoms with Crippen molar-refractivity contribution in [1.82, 2.24) is 29.7 Å². The van der Waals surface area contributed by atoms with E-state index >= 15 is 0 Å². The monoisotopic (exact) mass is 387 g/mol. The molecular formula is C19H29N7O2. The van der Waals surface area contributed by atoms with Gasteiger partial charge in [0, 0.05) is 32.6 Å². The fraction of sp³-hybridized carbons (Fsp3) is 0.684. The van der Waals surface area contributed by atoms with Crippen molar-refractivity contribution >= 4 is 11.6 Å². The van der Waals surface area contributed by atoms with Crippen LogP contribution in [-0.2, 0) is 11.8 Å². The molecule has 2 aromatic heterocycles. The summed E-state index contributed by atoms with van der Waals surface area (Å²) in [6.45, 7) is 8.15. The molecule has 0 spiro atoms. The van der Waals surface area contributed by atoms with Gasteiger partial charge in [-0.15, -0.1) is 0 Å². The lowest BCUT2D eigenvalue weighted by Crippen LogP contribution is -2.53. The number of carbonyl (C=O) groups is 1. The molecule has 0 aromatic carbocycles. The molecule has 28 heavy (non-hydrogen) atoms. The number of aryl methyl sites for hydroxylation is 2. The normalized spacial score (nSPS) is 22.4. The van der Waals surface area contributed by atoms with Gasteiger partial charge < -0.3 is 9.84 Å². The van der Waals surface area contributed by atoms with Crippen LogP contribution in [0.2, 0.25) is 0 Å². The summed E-state index contributed by atoms with van der Waals surface area (Å²) in [5, 5.41) is 11.6. The number of likely N-dealkylation sites (N-methyl/N-ethyl adjacent to an activating group) is 1. The second-order valence-electron chi connectivity index (χ2n) is 8.09. The highest BCUT2D eigenvalue weighted by Gasteiger charge is 2.36. The van der Waals surface area contributed by atoms with Gasteiger partial charge in [-0.25, -0.2) is 0 Å². The number of nitrogens with one attached hydrogen (secondary N) is 1. The summed E-state index contributed by atoms with van der Waals surface area (Å²) in [7, 11) is 3.95. The van der Waals surface area contributed by atoms with E-state index < -0.39 is 0 Å². The predicted octanol–water partition coefficient (Wildman–Crippen LogP) is 1.61. The van der Waals surface area contributed by atoms with Crippen LogP contribution >= 0.6 is 0 Å². The molecule has 1 aliphatic heterocycles. The van der Waals surface area contributed by atoms with Crippen LogP contribution in [0.15, 0.2) is 4.52 Å². The average molecular weight is 387 g/mol. The Morgan fingerprint density at radius 3 is 2.64 bits per heavy atom. The summed E-state index contributed by atoms with van der Waals surface area (Å²) < 4.78 is 7.34. The first-order chi connectivity index (χ1) is 13.3. The third-order valence-electron chi connectivity index (χ3n) is 6.05. The van der Waals surface area contributed by atoms with Crippen LogP contribution in [-0.4, -0.2) is 68.4 Å². The van der Waals surface area contributed by atoms with Crippen molar-refractivity contribution < 1.29 is 9.32 Å². The van der Waals surface area contributed by atoms with E-state index in [1.54, 1.807) is 4.68 Å². The molecule has 1 aliphatic carbocycles. The minimum absolute atomic E-state index is 0.00543. The average Bonchev–Trinajstić information content (AvgIpc) is 3.36. The summed E-state index contributed by atoms with van der Waals surface area (Å²) in [4.78, 5) is 21.9. The van der Waals surface area contributed by atoms with Crippen molar-refractivity contribution in [2.45, 2.75) is 51.6 Å². The van der Waals surface area contributed by atoms with Gasteiger partial charge in [0.1, 0.15) is 6.04 Å². The first-order valence-corrected chi connectivity index (χ1v) is 9.94. The van der Waals surface area contributed by atoms with Crippen LogP contribution < -0.4 is 5.32 Å². The second kappa shape index (κ2) is 7.29. The van der Waals surface area contributed by atoms with Gasteiger partial charge in [0.15, 0.2) is 5.82 Å². The van der Waals surface area contributed by atoms with Gasteiger partial charge in [-0.3, -0.25) is 19.3 Å². The maximum atomic E-state index is 12.9. The fourth-order valence-electron chi connectivity index (χ4n) is 3.75. The largest absolute Gasteiger partial charge is 0.338 e. The molecule has 4 rings (SSSR count). The highest BCUT2D eigenvalue weighted by atomic mass is 16.5. The minimum Gasteiger partial charge on any atom is -0.338 e. The number of piperazine rings is 1. The second-order valence-corrected chi connectivity index (χ2v) is 8.09. The Bertz CT molecular complexity index is 870. The van der Waals surface area contributed by atoms with E-state index in [4.69, 9.17) is 4.52 Å². The van der Waals surface area contributed by atoms with E-state index in [0.29, 0.717) is 18.4 Å². The van der Waals surface area contributed by atoms with Crippen molar-refractivity contribution in [3.8, 4) is 0 Å². The van der Waals surface area contributed by atoms with Crippen molar-refractivity contribution in [2.75, 3.05) is 32.0 Å². The molecular weight excluding hydrogens is 358 g/mol. The van der Waals surface area contributed by atoms with E-state index in [1.807, 2.05) is 27.8 Å². The number of aromatic nitrogens is 4. The van der Waals surface area contributed by atoms with E-state index in [9.17, 15) is 4.79 Å². The third kappa shape index (κ3) is 3.56. The maximum Gasteiger partial charge on any atom is 0.245 e. The summed E-state index contributed by atoms with van der Waals surface area (Å²) in [5.74, 6) is 1.93. The van der Waals surface area contributed by atoms with E-state index in [-0.39, 0.29) is 18.0 Å². The quantitative estimate of drug-likeness (QED) is 0.833. The van der Waals surface area contributed by atoms with Gasteiger partial charge in [-0.1, -0.05) is 5.16 Å². The molecule has 1 saturated heterocycles. The van der Waals surface area contributed by atoms with Crippen molar-refractivity contribution in [1.29, 1.82) is 0 Å². The zero-order valence-corrected chi connectivity index (χ0v) is 17.3. The lowest BCUT2D eigenvalue weighted by Gasteiger charge is -2.39. The molecule has 9 nitrogen and oxygen atoms in total. The molecule has 3 heterocycles. The Hall–Kier alpha value is -2.26. The Morgan fingerprint density at radius 1 is 1.25 bits per heavy atom. The number of hydrogen-bond donors (Lipinski definition) is 1. The lowest BCUT2D eigenvalue weighted by atomic mass is 10.1. The number of rotatable bonds is 5. The van der Waals surface area contributed by atoms with Gasteiger partial charge in [0.2, 0.25) is 11.8 Å². The molecule has 0 bridgehead atoms. The summed E-state index contributed by atoms with van der Waals surface area (Å²) in [5.41, 5.74) is 2.58. The maximum absolute atomic E-state index is 12.9. The van der Waals surface area contributed by atoms with Gasteiger partial charge in [-0.2, -0.15) is 10.1 Å². The van der Waals surface area contributed by atoms with Crippen LogP contribution in [0.25, 0.3) is 0 Å². The zero-order chi connectivity index (χ0) is 20.0. The van der Waals surface area contributed by atoms with Gasteiger partial charge in [-0.05, 0) is 40.7 Å². The highest BCUT2D eigenvalue weighted by molar-refractivity contribution is 5.95. The van der Waals surface area contributed by atoms with Crippen LogP contribution in [0.5, 0.6) is 0 Å². The summed E-state index contributed by atoms with van der Waals surface area (Å²) >= 11 is 0. The Kier molecular flexibility index (Phi) is 4.96. The number of nitrogens with zero attached hydrogens (tertiary/aromatic N) is 6. The molecule has 1 amide bonds. The standard InChI is InChI=1S/C19H29N7O2/c1-11-16(12(2)25(5)22-11)20-18(27)13(3)26-9-8-24(4)15(10-26)19-21-17(23-28-19)14-6-7-14/h13-15H,6-10H2,1-5H3,(H,20,27). The number of hydrogen-bond acceptors (Lipinski definition) is 7. The topological polar surface area (TPSA) is 92.3 Å². The minimum atomic E-state index is -0.263. The summed E-state index contributed by atoms with van der Waals surface area (Å²) in [6, 6.07) is -0.258. The Balaban J connectivity index is 1.44. The SMILES string of the molecule is Cc1nn(C)c(C)c1NC(=O)C(C)N1CCN(C)C(c2nc(C3CC3)no2)C1. The van der Waals surface area contributed by atoms with E-state index in [1.165, 1.54) is 0 Å². The molecule has 2 unspecified atom stereocenters. The lowest BCUT2D eigenvalue weighted by molar-refractivity contribution is -0.122. The summed E-state index contributed by atoms with van der Waals surface area (Å²) in [6.07, 6.45) is 2.30. The van der Waals surface area contributed by atoms with Crippen LogP contribution in [0, 0.1) is 13.8 Å². The fourth-order valence-corrected chi connectivity index (χ4v) is 3.75. The first kappa shape index (κ1) is 19.1. The van der Waals surface area contributed by atoms with E-state index in [0.717, 1.165) is 48.8 Å². The molecule has 152 valence electrons. The van der Waals surface area contributed by atoms with Crippen LogP contribution in [0.4, 0.5) is 5.69 Å². The van der Waals surface area contributed by atoms with Crippen molar-refractivity contribution in [3.63, 3.8) is 0 Å². The molecule has 9 heteroatoms. The van der Waals surface area contributed by atoms with Crippen LogP contribution in [0.1, 0.15) is 54.8 Å². The van der Waals surface area contributed by atoms with Crippen LogP contribution in [0.3, 0.4) is 0 Å². The molecule has 1 N–H and O–H groups in total. The molecule has 2 aliphatic rings. The van der Waals surface area contributed by atoms with Gasteiger partial charge in [0.05, 0.1) is 23.1 Å². The zero-order valence-electron chi connectivity index (χ0n) is 17.3. The third-order valence-corrected chi connectivity index (χ3v) is 6.05. The molecule has 2 aromatic rings. The van der Waals surface area contributed by atoms with E-state index in [2.05, 4.69) is 37.4 Å². The highest BCUT2D eigenvalue weighted by Crippen LogP contribution is 2.39. The first-order valence-electron chi connectivity index (χ1n) is 9.94. The number of amides is 1. The molecule has 2 fully saturated rings.